The van der Waals surface area contributed by atoms with Crippen LogP contribution < -0.4 is 10.6 Å². The third-order valence-corrected chi connectivity index (χ3v) is 4.16. The van der Waals surface area contributed by atoms with Gasteiger partial charge in [0.1, 0.15) is 0 Å². The van der Waals surface area contributed by atoms with Crippen molar-refractivity contribution < 1.29 is 4.90 Å². The van der Waals surface area contributed by atoms with Gasteiger partial charge in [-0.3, -0.25) is 0 Å². The molecule has 2 nitrogen and oxygen atoms in total. The fraction of sp³-hybridized carbons (Fsp3) is 0.625. The first kappa shape index (κ1) is 13.6. The Morgan fingerprint density at radius 3 is 2.39 bits per heavy atom. The van der Waals surface area contributed by atoms with Gasteiger partial charge in [0.05, 0.1) is 19.1 Å². The lowest BCUT2D eigenvalue weighted by Crippen LogP contribution is -3.16. The first-order chi connectivity index (χ1) is 8.78. The van der Waals surface area contributed by atoms with Crippen LogP contribution in [0.1, 0.15) is 43.4 Å². The SMILES string of the molecule is CCC[NH+](CCC)C1Cc2ccc(CN)cc2C1. The lowest BCUT2D eigenvalue weighted by atomic mass is 10.1. The summed E-state index contributed by atoms with van der Waals surface area (Å²) < 4.78 is 0. The maximum Gasteiger partial charge on any atom is 0.0956 e. The second-order valence-corrected chi connectivity index (χ2v) is 5.57. The van der Waals surface area contributed by atoms with Crippen molar-refractivity contribution in [2.24, 2.45) is 5.73 Å². The normalized spacial score (nSPS) is 18.3. The fourth-order valence-corrected chi connectivity index (χ4v) is 3.26. The predicted molar refractivity (Wildman–Crippen MR) is 76.8 cm³/mol. The maximum atomic E-state index is 5.73. The van der Waals surface area contributed by atoms with Gasteiger partial charge in [0, 0.05) is 19.4 Å². The smallest absolute Gasteiger partial charge is 0.0956 e. The zero-order valence-electron chi connectivity index (χ0n) is 11.8. The molecule has 0 amide bonds. The van der Waals surface area contributed by atoms with E-state index in [-0.39, 0.29) is 0 Å². The first-order valence-electron chi connectivity index (χ1n) is 7.43. The molecule has 0 heterocycles. The molecular formula is C16H27N2+. The molecule has 1 aliphatic carbocycles. The summed E-state index contributed by atoms with van der Waals surface area (Å²) in [6, 6.07) is 7.62. The molecule has 0 aromatic heterocycles. The molecule has 1 unspecified atom stereocenters. The number of hydrogen-bond acceptors (Lipinski definition) is 1. The minimum Gasteiger partial charge on any atom is -0.332 e. The van der Waals surface area contributed by atoms with E-state index in [1.165, 1.54) is 44.3 Å². The zero-order chi connectivity index (χ0) is 13.0. The second-order valence-electron chi connectivity index (χ2n) is 5.57. The van der Waals surface area contributed by atoms with Crippen molar-refractivity contribution in [2.45, 2.75) is 52.1 Å². The Kier molecular flexibility index (Phi) is 4.79. The van der Waals surface area contributed by atoms with Crippen molar-refractivity contribution in [3.05, 3.63) is 34.9 Å². The molecule has 2 heteroatoms. The van der Waals surface area contributed by atoms with Crippen LogP contribution in [-0.2, 0) is 19.4 Å². The van der Waals surface area contributed by atoms with Crippen LogP contribution in [0.25, 0.3) is 0 Å². The summed E-state index contributed by atoms with van der Waals surface area (Å²) in [5.74, 6) is 0. The highest BCUT2D eigenvalue weighted by molar-refractivity contribution is 5.36. The largest absolute Gasteiger partial charge is 0.332 e. The Labute approximate surface area is 111 Å². The molecule has 0 saturated heterocycles. The third-order valence-electron chi connectivity index (χ3n) is 4.16. The molecule has 0 radical (unpaired) electrons. The van der Waals surface area contributed by atoms with Gasteiger partial charge in [0.2, 0.25) is 0 Å². The maximum absolute atomic E-state index is 5.73. The van der Waals surface area contributed by atoms with Crippen LogP contribution in [-0.4, -0.2) is 19.1 Å². The number of nitrogens with one attached hydrogen (secondary N) is 1. The molecule has 0 bridgehead atoms. The second kappa shape index (κ2) is 6.35. The van der Waals surface area contributed by atoms with E-state index in [4.69, 9.17) is 5.73 Å². The van der Waals surface area contributed by atoms with Gasteiger partial charge in [0.25, 0.3) is 0 Å². The summed E-state index contributed by atoms with van der Waals surface area (Å²) in [7, 11) is 0. The topological polar surface area (TPSA) is 30.5 Å². The van der Waals surface area contributed by atoms with E-state index < -0.39 is 0 Å². The van der Waals surface area contributed by atoms with Crippen LogP contribution in [0.3, 0.4) is 0 Å². The minimum atomic E-state index is 0.665. The summed E-state index contributed by atoms with van der Waals surface area (Å²) in [6.07, 6.45) is 5.08. The first-order valence-corrected chi connectivity index (χ1v) is 7.43. The number of rotatable bonds is 6. The van der Waals surface area contributed by atoms with Crippen molar-refractivity contribution in [1.82, 2.24) is 0 Å². The van der Waals surface area contributed by atoms with Crippen molar-refractivity contribution in [1.29, 1.82) is 0 Å². The molecule has 0 saturated carbocycles. The quantitative estimate of drug-likeness (QED) is 0.780. The standard InChI is InChI=1S/C16H26N2/c1-3-7-18(8-4-2)16-10-14-6-5-13(12-17)9-15(14)11-16/h5-6,9,16H,3-4,7-8,10-12,17H2,1-2H3/p+1. The molecule has 1 aromatic carbocycles. The average molecular weight is 247 g/mol. The van der Waals surface area contributed by atoms with E-state index in [0.717, 1.165) is 6.04 Å². The highest BCUT2D eigenvalue weighted by atomic mass is 15.1. The Hall–Kier alpha value is -0.860. The molecular weight excluding hydrogens is 220 g/mol. The van der Waals surface area contributed by atoms with Crippen LogP contribution in [0, 0.1) is 0 Å². The van der Waals surface area contributed by atoms with Crippen molar-refractivity contribution in [2.75, 3.05) is 13.1 Å². The van der Waals surface area contributed by atoms with Gasteiger partial charge in [-0.15, -0.1) is 0 Å². The van der Waals surface area contributed by atoms with E-state index in [0.29, 0.717) is 6.54 Å². The molecule has 1 aromatic rings. The molecule has 1 atom stereocenters. The number of nitrogens with two attached hydrogens (primary N) is 1. The van der Waals surface area contributed by atoms with Gasteiger partial charge in [0.15, 0.2) is 0 Å². The summed E-state index contributed by atoms with van der Waals surface area (Å²) in [5.41, 5.74) is 10.1. The summed E-state index contributed by atoms with van der Waals surface area (Å²) >= 11 is 0. The molecule has 0 spiro atoms. The van der Waals surface area contributed by atoms with Crippen LogP contribution in [0.15, 0.2) is 18.2 Å². The summed E-state index contributed by atoms with van der Waals surface area (Å²) in [5, 5.41) is 0. The average Bonchev–Trinajstić information content (AvgIpc) is 2.81. The molecule has 1 aliphatic rings. The van der Waals surface area contributed by atoms with Crippen LogP contribution >= 0.6 is 0 Å². The Morgan fingerprint density at radius 1 is 1.11 bits per heavy atom. The number of fused-ring (bicyclic) bond motifs is 1. The van der Waals surface area contributed by atoms with Crippen LogP contribution in [0.4, 0.5) is 0 Å². The van der Waals surface area contributed by atoms with Crippen LogP contribution in [0.2, 0.25) is 0 Å². The number of quaternary nitrogens is 1. The Bertz CT molecular complexity index is 381. The van der Waals surface area contributed by atoms with Crippen LogP contribution in [0.5, 0.6) is 0 Å². The molecule has 18 heavy (non-hydrogen) atoms. The van der Waals surface area contributed by atoms with Crippen molar-refractivity contribution >= 4 is 0 Å². The van der Waals surface area contributed by atoms with E-state index in [1.54, 1.807) is 16.0 Å². The molecule has 3 N–H and O–H groups in total. The Morgan fingerprint density at radius 2 is 1.78 bits per heavy atom. The lowest BCUT2D eigenvalue weighted by molar-refractivity contribution is -0.924. The number of hydrogen-bond donors (Lipinski definition) is 2. The van der Waals surface area contributed by atoms with Gasteiger partial charge in [-0.2, -0.15) is 0 Å². The molecule has 0 aliphatic heterocycles. The molecule has 2 rings (SSSR count). The highest BCUT2D eigenvalue weighted by Gasteiger charge is 2.29. The van der Waals surface area contributed by atoms with Gasteiger partial charge < -0.3 is 10.6 Å². The van der Waals surface area contributed by atoms with Gasteiger partial charge in [-0.1, -0.05) is 32.0 Å². The summed E-state index contributed by atoms with van der Waals surface area (Å²) in [6.45, 7) is 7.89. The zero-order valence-corrected chi connectivity index (χ0v) is 11.8. The van der Waals surface area contributed by atoms with Gasteiger partial charge in [-0.05, 0) is 29.5 Å². The van der Waals surface area contributed by atoms with Gasteiger partial charge >= 0.3 is 0 Å². The van der Waals surface area contributed by atoms with E-state index in [9.17, 15) is 0 Å². The minimum absolute atomic E-state index is 0.665. The Balaban J connectivity index is 2.07. The van der Waals surface area contributed by atoms with Crippen molar-refractivity contribution in [3.63, 3.8) is 0 Å². The number of benzene rings is 1. The third kappa shape index (κ3) is 2.93. The molecule has 0 fully saturated rings. The lowest BCUT2D eigenvalue weighted by Gasteiger charge is -2.24. The van der Waals surface area contributed by atoms with E-state index in [2.05, 4.69) is 32.0 Å². The van der Waals surface area contributed by atoms with Gasteiger partial charge in [-0.25, -0.2) is 0 Å². The van der Waals surface area contributed by atoms with Crippen molar-refractivity contribution in [3.8, 4) is 0 Å². The highest BCUT2D eigenvalue weighted by Crippen LogP contribution is 2.22. The predicted octanol–water partition coefficient (Wildman–Crippen LogP) is 1.32. The summed E-state index contributed by atoms with van der Waals surface area (Å²) in [4.78, 5) is 1.80. The monoisotopic (exact) mass is 247 g/mol. The molecule has 100 valence electrons. The van der Waals surface area contributed by atoms with E-state index in [1.807, 2.05) is 0 Å². The fourth-order valence-electron chi connectivity index (χ4n) is 3.26. The van der Waals surface area contributed by atoms with E-state index >= 15 is 0 Å².